The first-order valence-electron chi connectivity index (χ1n) is 6.59. The molecule has 1 atom stereocenters. The van der Waals surface area contributed by atoms with Crippen molar-refractivity contribution in [1.29, 1.82) is 0 Å². The topological polar surface area (TPSA) is 64.3 Å². The van der Waals surface area contributed by atoms with E-state index in [0.29, 0.717) is 18.0 Å². The summed E-state index contributed by atoms with van der Waals surface area (Å²) in [5.74, 6) is 0. The number of benzene rings is 1. The van der Waals surface area contributed by atoms with Gasteiger partial charge >= 0.3 is 6.09 Å². The fourth-order valence-electron chi connectivity index (χ4n) is 1.81. The number of halogens is 1. The first kappa shape index (κ1) is 16.8. The van der Waals surface area contributed by atoms with Crippen molar-refractivity contribution in [2.45, 2.75) is 45.3 Å². The first-order valence-corrected chi connectivity index (χ1v) is 6.97. The number of carbonyl (C=O) groups excluding carboxylic acids is 1. The molecule has 112 valence electrons. The Bertz CT molecular complexity index is 471. The maximum absolute atomic E-state index is 11.9. The Hall–Kier alpha value is -1.26. The van der Waals surface area contributed by atoms with E-state index in [-0.39, 0.29) is 0 Å². The van der Waals surface area contributed by atoms with E-state index in [1.165, 1.54) is 0 Å². The Morgan fingerprint density at radius 3 is 2.50 bits per heavy atom. The van der Waals surface area contributed by atoms with Crippen LogP contribution in [0.4, 0.5) is 4.79 Å². The summed E-state index contributed by atoms with van der Waals surface area (Å²) in [6.45, 7) is 7.66. The number of hydrogen-bond acceptors (Lipinski definition) is 3. The lowest BCUT2D eigenvalue weighted by Gasteiger charge is -2.31. The monoisotopic (exact) mass is 298 g/mol. The highest BCUT2D eigenvalue weighted by Crippen LogP contribution is 2.17. The zero-order valence-corrected chi connectivity index (χ0v) is 13.3. The van der Waals surface area contributed by atoms with E-state index in [0.717, 1.165) is 5.56 Å². The van der Waals surface area contributed by atoms with Gasteiger partial charge < -0.3 is 15.8 Å². The average molecular weight is 299 g/mol. The normalized spacial score (nSPS) is 14.5. The molecule has 0 saturated carbocycles. The molecule has 0 aliphatic heterocycles. The van der Waals surface area contributed by atoms with Crippen molar-refractivity contribution < 1.29 is 9.53 Å². The molecular formula is C15H23ClN2O2. The zero-order valence-electron chi connectivity index (χ0n) is 12.5. The highest BCUT2D eigenvalue weighted by atomic mass is 35.5. The van der Waals surface area contributed by atoms with Gasteiger partial charge in [-0.05, 0) is 51.8 Å². The smallest absolute Gasteiger partial charge is 0.408 e. The third-order valence-electron chi connectivity index (χ3n) is 2.74. The van der Waals surface area contributed by atoms with E-state index >= 15 is 0 Å². The molecule has 5 heteroatoms. The van der Waals surface area contributed by atoms with Gasteiger partial charge in [0.2, 0.25) is 0 Å². The Morgan fingerprint density at radius 2 is 2.00 bits per heavy atom. The number of ether oxygens (including phenoxy) is 1. The van der Waals surface area contributed by atoms with Crippen LogP contribution in [0.2, 0.25) is 5.02 Å². The summed E-state index contributed by atoms with van der Waals surface area (Å²) in [7, 11) is 0. The maximum atomic E-state index is 11.9. The van der Waals surface area contributed by atoms with Crippen molar-refractivity contribution in [2.75, 3.05) is 6.54 Å². The lowest BCUT2D eigenvalue weighted by atomic mass is 9.93. The minimum absolute atomic E-state index is 0.304. The van der Waals surface area contributed by atoms with Gasteiger partial charge in [0, 0.05) is 11.6 Å². The zero-order chi connectivity index (χ0) is 15.4. The molecule has 0 aliphatic carbocycles. The lowest BCUT2D eigenvalue weighted by Crippen LogP contribution is -2.54. The summed E-state index contributed by atoms with van der Waals surface area (Å²) in [5, 5.41) is 3.50. The number of alkyl carbamates (subject to hydrolysis) is 1. The highest BCUT2D eigenvalue weighted by molar-refractivity contribution is 6.30. The molecule has 1 aromatic carbocycles. The largest absolute Gasteiger partial charge is 0.444 e. The van der Waals surface area contributed by atoms with Crippen LogP contribution in [0.3, 0.4) is 0 Å². The molecule has 0 bridgehead atoms. The number of hydrogen-bond donors (Lipinski definition) is 2. The van der Waals surface area contributed by atoms with Gasteiger partial charge in [0.15, 0.2) is 0 Å². The molecule has 0 aromatic heterocycles. The molecule has 1 aromatic rings. The molecule has 0 aliphatic rings. The second-order valence-corrected chi connectivity index (χ2v) is 6.63. The fourth-order valence-corrected chi connectivity index (χ4v) is 2.03. The van der Waals surface area contributed by atoms with Gasteiger partial charge in [0.25, 0.3) is 0 Å². The molecule has 1 rings (SSSR count). The van der Waals surface area contributed by atoms with Crippen LogP contribution in [-0.4, -0.2) is 23.8 Å². The Morgan fingerprint density at radius 1 is 1.35 bits per heavy atom. The molecule has 0 fully saturated rings. The van der Waals surface area contributed by atoms with Crippen molar-refractivity contribution in [2.24, 2.45) is 5.73 Å². The third-order valence-corrected chi connectivity index (χ3v) is 2.97. The Balaban J connectivity index is 2.74. The number of nitrogens with two attached hydrogens (primary N) is 1. The molecule has 1 amide bonds. The van der Waals surface area contributed by atoms with Gasteiger partial charge in [0.1, 0.15) is 5.60 Å². The van der Waals surface area contributed by atoms with E-state index in [1.54, 1.807) is 0 Å². The van der Waals surface area contributed by atoms with E-state index in [2.05, 4.69) is 5.32 Å². The molecule has 0 heterocycles. The van der Waals surface area contributed by atoms with Gasteiger partial charge in [-0.15, -0.1) is 0 Å². The molecule has 3 N–H and O–H groups in total. The summed E-state index contributed by atoms with van der Waals surface area (Å²) in [5.41, 5.74) is 5.71. The van der Waals surface area contributed by atoms with E-state index in [1.807, 2.05) is 52.0 Å². The molecular weight excluding hydrogens is 276 g/mol. The van der Waals surface area contributed by atoms with Crippen molar-refractivity contribution >= 4 is 17.7 Å². The van der Waals surface area contributed by atoms with Crippen molar-refractivity contribution in [3.05, 3.63) is 34.9 Å². The molecule has 0 radical (unpaired) electrons. The van der Waals surface area contributed by atoms with Crippen molar-refractivity contribution in [3.8, 4) is 0 Å². The SMILES string of the molecule is CC(CN)(Cc1cccc(Cl)c1)NC(=O)OC(C)(C)C. The predicted octanol–water partition coefficient (Wildman–Crippen LogP) is 3.12. The van der Waals surface area contributed by atoms with Gasteiger partial charge in [-0.2, -0.15) is 0 Å². The number of amides is 1. The van der Waals surface area contributed by atoms with Crippen LogP contribution in [-0.2, 0) is 11.2 Å². The average Bonchev–Trinajstić information content (AvgIpc) is 2.25. The van der Waals surface area contributed by atoms with E-state index in [4.69, 9.17) is 22.1 Å². The minimum atomic E-state index is -0.576. The van der Waals surface area contributed by atoms with Gasteiger partial charge in [-0.3, -0.25) is 0 Å². The van der Waals surface area contributed by atoms with Gasteiger partial charge in [-0.25, -0.2) is 4.79 Å². The van der Waals surface area contributed by atoms with E-state index in [9.17, 15) is 4.79 Å². The third kappa shape index (κ3) is 5.80. The Labute approximate surface area is 125 Å². The number of rotatable bonds is 4. The fraction of sp³-hybridized carbons (Fsp3) is 0.533. The summed E-state index contributed by atoms with van der Waals surface area (Å²) in [6.07, 6.45) is 0.121. The molecule has 0 saturated heterocycles. The van der Waals surface area contributed by atoms with Gasteiger partial charge in [0.05, 0.1) is 5.54 Å². The Kier molecular flexibility index (Phi) is 5.42. The lowest BCUT2D eigenvalue weighted by molar-refractivity contribution is 0.0467. The quantitative estimate of drug-likeness (QED) is 0.897. The van der Waals surface area contributed by atoms with Crippen LogP contribution >= 0.6 is 11.6 Å². The highest BCUT2D eigenvalue weighted by Gasteiger charge is 2.28. The molecule has 20 heavy (non-hydrogen) atoms. The number of nitrogens with one attached hydrogen (secondary N) is 1. The van der Waals surface area contributed by atoms with Gasteiger partial charge in [-0.1, -0.05) is 23.7 Å². The molecule has 4 nitrogen and oxygen atoms in total. The number of carbonyl (C=O) groups is 1. The second kappa shape index (κ2) is 6.46. The first-order chi connectivity index (χ1) is 9.13. The standard InChI is InChI=1S/C15H23ClN2O2/c1-14(2,3)20-13(19)18-15(4,10-17)9-11-6-5-7-12(16)8-11/h5-8H,9-10,17H2,1-4H3,(H,18,19). The van der Waals surface area contributed by atoms with Crippen molar-refractivity contribution in [1.82, 2.24) is 5.32 Å². The summed E-state index contributed by atoms with van der Waals surface area (Å²) < 4.78 is 5.26. The second-order valence-electron chi connectivity index (χ2n) is 6.20. The molecule has 0 spiro atoms. The maximum Gasteiger partial charge on any atom is 0.408 e. The van der Waals surface area contributed by atoms with Crippen LogP contribution in [0.5, 0.6) is 0 Å². The summed E-state index contributed by atoms with van der Waals surface area (Å²) in [6, 6.07) is 7.51. The predicted molar refractivity (Wildman–Crippen MR) is 82.0 cm³/mol. The summed E-state index contributed by atoms with van der Waals surface area (Å²) in [4.78, 5) is 11.9. The van der Waals surface area contributed by atoms with E-state index < -0.39 is 17.2 Å². The van der Waals surface area contributed by atoms with Crippen LogP contribution in [0.25, 0.3) is 0 Å². The summed E-state index contributed by atoms with van der Waals surface area (Å²) >= 11 is 5.97. The van der Waals surface area contributed by atoms with Crippen molar-refractivity contribution in [3.63, 3.8) is 0 Å². The molecule has 1 unspecified atom stereocenters. The van der Waals surface area contributed by atoms with Crippen LogP contribution < -0.4 is 11.1 Å². The van der Waals surface area contributed by atoms with Crippen LogP contribution in [0.15, 0.2) is 24.3 Å². The van der Waals surface area contributed by atoms with Crippen LogP contribution in [0.1, 0.15) is 33.3 Å². The minimum Gasteiger partial charge on any atom is -0.444 e. The van der Waals surface area contributed by atoms with Crippen LogP contribution in [0, 0.1) is 0 Å².